The van der Waals surface area contributed by atoms with Crippen LogP contribution in [0.4, 0.5) is 0 Å². The van der Waals surface area contributed by atoms with Crippen molar-refractivity contribution in [1.29, 1.82) is 0 Å². The second-order valence-electron chi connectivity index (χ2n) is 16.0. The zero-order chi connectivity index (χ0) is 31.5. The molecule has 1 aromatic carbocycles. The minimum atomic E-state index is -2.04. The van der Waals surface area contributed by atoms with E-state index in [0.717, 1.165) is 19.3 Å². The maximum Gasteiger partial charge on any atom is 0.342 e. The minimum absolute atomic E-state index is 0.0694. The third kappa shape index (κ3) is 3.54. The van der Waals surface area contributed by atoms with Gasteiger partial charge in [0.2, 0.25) is 0 Å². The highest BCUT2D eigenvalue weighted by molar-refractivity contribution is 5.84. The normalized spacial score (nSPS) is 48.7. The molecule has 1 heterocycles. The van der Waals surface area contributed by atoms with Crippen molar-refractivity contribution in [3.63, 3.8) is 0 Å². The lowest BCUT2D eigenvalue weighted by Gasteiger charge is -2.66. The molecule has 11 atom stereocenters. The molecule has 6 heteroatoms. The van der Waals surface area contributed by atoms with Crippen LogP contribution in [0.25, 0.3) is 6.08 Å². The van der Waals surface area contributed by atoms with E-state index in [-0.39, 0.29) is 34.7 Å². The summed E-state index contributed by atoms with van der Waals surface area (Å²) in [6.07, 6.45) is 13.8. The number of aliphatic hydroxyl groups is 4. The van der Waals surface area contributed by atoms with Crippen LogP contribution in [0.5, 0.6) is 0 Å². The second kappa shape index (κ2) is 9.51. The van der Waals surface area contributed by atoms with E-state index in [1.54, 1.807) is 6.92 Å². The van der Waals surface area contributed by atoms with Gasteiger partial charge in [-0.05, 0) is 89.9 Å². The van der Waals surface area contributed by atoms with Crippen LogP contribution >= 0.6 is 0 Å². The summed E-state index contributed by atoms with van der Waals surface area (Å²) < 4.78 is 5.52. The number of fused-ring (bicyclic) bond motifs is 3. The Morgan fingerprint density at radius 3 is 2.50 bits per heavy atom. The summed E-state index contributed by atoms with van der Waals surface area (Å²) in [4.78, 5) is 13.3. The van der Waals surface area contributed by atoms with Gasteiger partial charge in [0.05, 0.1) is 12.7 Å². The third-order valence-electron chi connectivity index (χ3n) is 14.0. The topological polar surface area (TPSA) is 107 Å². The van der Waals surface area contributed by atoms with Gasteiger partial charge in [-0.2, -0.15) is 0 Å². The van der Waals surface area contributed by atoms with Crippen LogP contribution in [0.1, 0.15) is 72.3 Å². The molecule has 0 amide bonds. The van der Waals surface area contributed by atoms with Crippen molar-refractivity contribution in [3.05, 3.63) is 77.4 Å². The number of rotatable bonds is 5. The summed E-state index contributed by atoms with van der Waals surface area (Å²) in [5, 5.41) is 45.1. The van der Waals surface area contributed by atoms with Crippen LogP contribution in [0.2, 0.25) is 0 Å². The first-order valence-electron chi connectivity index (χ1n) is 16.4. The summed E-state index contributed by atoms with van der Waals surface area (Å²) in [6.45, 7) is 10.8. The van der Waals surface area contributed by atoms with Gasteiger partial charge in [-0.15, -0.1) is 0 Å². The molecular formula is C38H48O6. The molecule has 4 N–H and O–H groups in total. The van der Waals surface area contributed by atoms with E-state index in [1.807, 2.05) is 6.07 Å². The van der Waals surface area contributed by atoms with Crippen molar-refractivity contribution < 1.29 is 30.0 Å². The quantitative estimate of drug-likeness (QED) is 0.267. The van der Waals surface area contributed by atoms with Crippen molar-refractivity contribution in [3.8, 4) is 0 Å². The number of cyclic esters (lactones) is 1. The summed E-state index contributed by atoms with van der Waals surface area (Å²) in [5.74, 6) is -0.891. The monoisotopic (exact) mass is 600 g/mol. The number of aliphatic hydroxyl groups excluding tert-OH is 3. The van der Waals surface area contributed by atoms with Gasteiger partial charge < -0.3 is 25.2 Å². The Morgan fingerprint density at radius 1 is 1.07 bits per heavy atom. The van der Waals surface area contributed by atoms with Crippen molar-refractivity contribution in [2.24, 2.45) is 44.8 Å². The average molecular weight is 601 g/mol. The molecule has 3 saturated carbocycles. The first-order chi connectivity index (χ1) is 20.7. The van der Waals surface area contributed by atoms with Crippen molar-refractivity contribution in [2.45, 2.75) is 90.6 Å². The Kier molecular flexibility index (Phi) is 6.52. The molecule has 6 aliphatic rings. The molecule has 0 bridgehead atoms. The number of benzene rings is 1. The average Bonchev–Trinajstić information content (AvgIpc) is 3.49. The summed E-state index contributed by atoms with van der Waals surface area (Å²) in [5.41, 5.74) is -0.354. The number of hydrogen-bond donors (Lipinski definition) is 4. The summed E-state index contributed by atoms with van der Waals surface area (Å²) in [6, 6.07) is 10.4. The van der Waals surface area contributed by atoms with Gasteiger partial charge >= 0.3 is 5.97 Å². The predicted molar refractivity (Wildman–Crippen MR) is 169 cm³/mol. The Morgan fingerprint density at radius 2 is 1.80 bits per heavy atom. The number of hydrogen-bond acceptors (Lipinski definition) is 6. The fourth-order valence-corrected chi connectivity index (χ4v) is 11.6. The third-order valence-corrected chi connectivity index (χ3v) is 14.0. The molecule has 1 aromatic rings. The summed E-state index contributed by atoms with van der Waals surface area (Å²) >= 11 is 0. The molecule has 4 fully saturated rings. The van der Waals surface area contributed by atoms with E-state index in [4.69, 9.17) is 4.74 Å². The highest BCUT2D eigenvalue weighted by Crippen LogP contribution is 2.89. The molecule has 0 spiro atoms. The van der Waals surface area contributed by atoms with Gasteiger partial charge in [0, 0.05) is 16.7 Å². The van der Waals surface area contributed by atoms with Crippen molar-refractivity contribution >= 4 is 12.0 Å². The summed E-state index contributed by atoms with van der Waals surface area (Å²) in [7, 11) is 0. The van der Waals surface area contributed by atoms with E-state index in [9.17, 15) is 25.2 Å². The molecular weight excluding hydrogens is 552 g/mol. The smallest absolute Gasteiger partial charge is 0.342 e. The van der Waals surface area contributed by atoms with Gasteiger partial charge in [0.25, 0.3) is 0 Å². The number of carbonyl (C=O) groups is 1. The van der Waals surface area contributed by atoms with Crippen LogP contribution in [-0.4, -0.2) is 56.9 Å². The Balaban J connectivity index is 1.24. The zero-order valence-corrected chi connectivity index (χ0v) is 26.7. The van der Waals surface area contributed by atoms with Crippen molar-refractivity contribution in [1.82, 2.24) is 0 Å². The van der Waals surface area contributed by atoms with Gasteiger partial charge in [-0.1, -0.05) is 88.4 Å². The maximum absolute atomic E-state index is 13.3. The fourth-order valence-electron chi connectivity index (χ4n) is 11.6. The number of esters is 1. The Bertz CT molecular complexity index is 1490. The molecule has 5 aliphatic carbocycles. The largest absolute Gasteiger partial charge is 0.453 e. The first kappa shape index (κ1) is 30.2. The fraction of sp³-hybridized carbons (Fsp3) is 0.605. The van der Waals surface area contributed by atoms with Gasteiger partial charge in [-0.3, -0.25) is 0 Å². The highest BCUT2D eigenvalue weighted by atomic mass is 16.6. The molecule has 44 heavy (non-hydrogen) atoms. The van der Waals surface area contributed by atoms with Gasteiger partial charge in [0.1, 0.15) is 12.2 Å². The van der Waals surface area contributed by atoms with E-state index in [0.29, 0.717) is 18.4 Å². The van der Waals surface area contributed by atoms with Crippen LogP contribution in [0.3, 0.4) is 0 Å². The number of allylic oxidation sites excluding steroid dienone is 5. The van der Waals surface area contributed by atoms with E-state index in [2.05, 4.69) is 82.3 Å². The van der Waals surface area contributed by atoms with E-state index >= 15 is 0 Å². The molecule has 1 saturated heterocycles. The number of ether oxygens (including phenoxy) is 1. The van der Waals surface area contributed by atoms with Gasteiger partial charge in [0.15, 0.2) is 5.60 Å². The zero-order valence-electron chi connectivity index (χ0n) is 26.7. The lowest BCUT2D eigenvalue weighted by molar-refractivity contribution is -0.186. The molecule has 1 aliphatic heterocycles. The Labute approximate surface area is 261 Å². The van der Waals surface area contributed by atoms with Crippen LogP contribution in [0, 0.1) is 44.8 Å². The molecule has 6 nitrogen and oxygen atoms in total. The van der Waals surface area contributed by atoms with Crippen LogP contribution < -0.4 is 0 Å². The molecule has 7 rings (SSSR count). The standard InChI is InChI=1S/C38H48O6/c1-23(21-39)19-26-31(41)38(43,32(42)44-26)28-15-18-37-22-36(28,37)17-14-27-34(4)16-13-25(12-11-24-9-7-6-8-10-24)33(2,3)29(34)20-30(40)35(27,37)5/h6-14,17,19,26-31,39-41,43H,15-16,18,20-22H2,1-5H3/b12-11+,23-19+/t26-,27+,28+,29-,30+,31-,34+,35-,36+,37+,38-/m0/s1. The SMILES string of the molecule is C/C(=C\[C@@H]1OC(=O)[C@](O)([C@@H]2CC[C@]34C[C@]23C=C[C@@H]2[C@@]3(C)CC=C(/C=C/c5ccccc5)C(C)(C)[C@@H]3C[C@@H](O)[C@]24C)[C@H]1O)CO. The number of carbonyl (C=O) groups excluding carboxylic acids is 1. The minimum Gasteiger partial charge on any atom is -0.453 e. The lowest BCUT2D eigenvalue weighted by Crippen LogP contribution is -2.63. The first-order valence-corrected chi connectivity index (χ1v) is 16.4. The highest BCUT2D eigenvalue weighted by Gasteiger charge is 2.87. The van der Waals surface area contributed by atoms with Crippen molar-refractivity contribution in [2.75, 3.05) is 6.61 Å². The van der Waals surface area contributed by atoms with Crippen LogP contribution in [0.15, 0.2) is 71.9 Å². The second-order valence-corrected chi connectivity index (χ2v) is 16.0. The predicted octanol–water partition coefficient (Wildman–Crippen LogP) is 5.38. The Hall–Kier alpha value is -2.51. The van der Waals surface area contributed by atoms with E-state index in [1.165, 1.54) is 17.2 Å². The molecule has 0 aromatic heterocycles. The molecule has 0 radical (unpaired) electrons. The van der Waals surface area contributed by atoms with Crippen LogP contribution in [-0.2, 0) is 9.53 Å². The maximum atomic E-state index is 13.3. The molecule has 0 unspecified atom stereocenters. The van der Waals surface area contributed by atoms with E-state index < -0.39 is 46.6 Å². The molecule has 236 valence electrons. The van der Waals surface area contributed by atoms with Gasteiger partial charge in [-0.25, -0.2) is 4.79 Å². The lowest BCUT2D eigenvalue weighted by atomic mass is 9.39.